The lowest BCUT2D eigenvalue weighted by molar-refractivity contribution is -0.125. The first kappa shape index (κ1) is 14.1. The Morgan fingerprint density at radius 3 is 2.53 bits per heavy atom. The molecule has 1 aliphatic heterocycles. The van der Waals surface area contributed by atoms with Crippen molar-refractivity contribution in [3.63, 3.8) is 0 Å². The molecule has 19 heavy (non-hydrogen) atoms. The molecular weight excluding hydrogens is 284 g/mol. The van der Waals surface area contributed by atoms with Gasteiger partial charge in [-0.1, -0.05) is 30.0 Å². The van der Waals surface area contributed by atoms with Crippen LogP contribution < -0.4 is 0 Å². The third-order valence-corrected chi connectivity index (χ3v) is 5.16. The van der Waals surface area contributed by atoms with E-state index in [1.165, 1.54) is 28.8 Å². The zero-order valence-corrected chi connectivity index (χ0v) is 12.2. The largest absolute Gasteiger partial charge is 0.290 e. The third-order valence-electron chi connectivity index (χ3n) is 2.68. The van der Waals surface area contributed by atoms with Crippen LogP contribution in [0.4, 0.5) is 0 Å². The first-order chi connectivity index (χ1) is 8.95. The SMILES string of the molecule is CCN1C(=O)C(C)SC1=NS(=O)(=O)c1ccccc1. The van der Waals surface area contributed by atoms with Crippen LogP contribution in [0.2, 0.25) is 0 Å². The number of rotatable bonds is 3. The summed E-state index contributed by atoms with van der Waals surface area (Å²) in [6.07, 6.45) is 0. The van der Waals surface area contributed by atoms with Crippen molar-refractivity contribution in [2.24, 2.45) is 4.40 Å². The Balaban J connectivity index is 2.39. The molecule has 0 aromatic heterocycles. The van der Waals surface area contributed by atoms with E-state index in [9.17, 15) is 13.2 Å². The number of amides is 1. The topological polar surface area (TPSA) is 66.8 Å². The number of amidine groups is 1. The molecule has 0 radical (unpaired) electrons. The molecule has 1 unspecified atom stereocenters. The third kappa shape index (κ3) is 2.82. The molecule has 7 heteroatoms. The summed E-state index contributed by atoms with van der Waals surface area (Å²) in [5.74, 6) is -0.102. The van der Waals surface area contributed by atoms with Gasteiger partial charge in [0.25, 0.3) is 10.0 Å². The summed E-state index contributed by atoms with van der Waals surface area (Å²) in [5.41, 5.74) is 0. The average molecular weight is 298 g/mol. The predicted octanol–water partition coefficient (Wildman–Crippen LogP) is 1.72. The first-order valence-electron chi connectivity index (χ1n) is 5.83. The predicted molar refractivity (Wildman–Crippen MR) is 75.5 cm³/mol. The number of hydrogen-bond acceptors (Lipinski definition) is 4. The Kier molecular flexibility index (Phi) is 3.96. The maximum absolute atomic E-state index is 12.1. The van der Waals surface area contributed by atoms with E-state index in [0.717, 1.165) is 0 Å². The van der Waals surface area contributed by atoms with Crippen LogP contribution >= 0.6 is 11.8 Å². The zero-order chi connectivity index (χ0) is 14.0. The molecule has 1 fully saturated rings. The quantitative estimate of drug-likeness (QED) is 0.852. The molecule has 1 aromatic carbocycles. The number of benzene rings is 1. The van der Waals surface area contributed by atoms with E-state index >= 15 is 0 Å². The second-order valence-electron chi connectivity index (χ2n) is 4.00. The van der Waals surface area contributed by atoms with Crippen LogP contribution in [0, 0.1) is 0 Å². The van der Waals surface area contributed by atoms with Crippen molar-refractivity contribution in [2.45, 2.75) is 24.0 Å². The number of carbonyl (C=O) groups is 1. The van der Waals surface area contributed by atoms with Crippen LogP contribution in [0.3, 0.4) is 0 Å². The van der Waals surface area contributed by atoms with E-state index in [2.05, 4.69) is 4.40 Å². The lowest BCUT2D eigenvalue weighted by Crippen LogP contribution is -2.31. The Morgan fingerprint density at radius 1 is 1.32 bits per heavy atom. The van der Waals surface area contributed by atoms with E-state index < -0.39 is 10.0 Å². The lowest BCUT2D eigenvalue weighted by Gasteiger charge is -2.12. The maximum atomic E-state index is 12.1. The molecule has 1 saturated heterocycles. The molecular formula is C12H14N2O3S2. The van der Waals surface area contributed by atoms with Gasteiger partial charge < -0.3 is 0 Å². The van der Waals surface area contributed by atoms with Gasteiger partial charge >= 0.3 is 0 Å². The molecule has 1 amide bonds. The van der Waals surface area contributed by atoms with Gasteiger partial charge in [-0.15, -0.1) is 4.40 Å². The second-order valence-corrected chi connectivity index (χ2v) is 6.92. The molecule has 0 spiro atoms. The van der Waals surface area contributed by atoms with Crippen LogP contribution in [-0.2, 0) is 14.8 Å². The van der Waals surface area contributed by atoms with E-state index in [1.54, 1.807) is 32.0 Å². The fourth-order valence-electron chi connectivity index (χ4n) is 1.70. The molecule has 5 nitrogen and oxygen atoms in total. The zero-order valence-electron chi connectivity index (χ0n) is 10.6. The van der Waals surface area contributed by atoms with Crippen LogP contribution in [0.25, 0.3) is 0 Å². The van der Waals surface area contributed by atoms with Crippen molar-refractivity contribution in [3.05, 3.63) is 30.3 Å². The second kappa shape index (κ2) is 5.34. The van der Waals surface area contributed by atoms with Gasteiger partial charge in [-0.05, 0) is 26.0 Å². The summed E-state index contributed by atoms with van der Waals surface area (Å²) < 4.78 is 28.0. The molecule has 0 aliphatic carbocycles. The Bertz CT molecular complexity index is 611. The summed E-state index contributed by atoms with van der Waals surface area (Å²) >= 11 is 1.18. The Morgan fingerprint density at radius 2 is 1.95 bits per heavy atom. The van der Waals surface area contributed by atoms with Crippen LogP contribution in [0.5, 0.6) is 0 Å². The van der Waals surface area contributed by atoms with Gasteiger partial charge in [0, 0.05) is 6.54 Å². The minimum absolute atomic E-state index is 0.102. The van der Waals surface area contributed by atoms with Gasteiger partial charge in [0.15, 0.2) is 5.17 Å². The summed E-state index contributed by atoms with van der Waals surface area (Å²) in [5, 5.41) is -0.0338. The smallest absolute Gasteiger partial charge is 0.284 e. The highest BCUT2D eigenvalue weighted by Gasteiger charge is 2.35. The van der Waals surface area contributed by atoms with E-state index in [4.69, 9.17) is 0 Å². The monoisotopic (exact) mass is 298 g/mol. The van der Waals surface area contributed by atoms with E-state index in [0.29, 0.717) is 6.54 Å². The Hall–Kier alpha value is -1.34. The summed E-state index contributed by atoms with van der Waals surface area (Å²) in [7, 11) is -3.76. The van der Waals surface area contributed by atoms with Gasteiger partial charge in [0.2, 0.25) is 5.91 Å². The Labute approximate surface area is 116 Å². The van der Waals surface area contributed by atoms with Gasteiger partial charge in [0.1, 0.15) is 0 Å². The van der Waals surface area contributed by atoms with Crippen LogP contribution in [0.15, 0.2) is 39.6 Å². The number of sulfonamides is 1. The van der Waals surface area contributed by atoms with Gasteiger partial charge in [-0.2, -0.15) is 8.42 Å². The molecule has 0 bridgehead atoms. The number of nitrogens with zero attached hydrogens (tertiary/aromatic N) is 2. The molecule has 102 valence electrons. The molecule has 1 heterocycles. The molecule has 0 saturated carbocycles. The maximum Gasteiger partial charge on any atom is 0.284 e. The number of thioether (sulfide) groups is 1. The summed E-state index contributed by atoms with van der Waals surface area (Å²) in [4.78, 5) is 13.3. The number of hydrogen-bond donors (Lipinski definition) is 0. The minimum Gasteiger partial charge on any atom is -0.290 e. The van der Waals surface area contributed by atoms with Crippen molar-refractivity contribution in [2.75, 3.05) is 6.54 Å². The summed E-state index contributed by atoms with van der Waals surface area (Å²) in [6, 6.07) is 7.99. The molecule has 0 N–H and O–H groups in total. The van der Waals surface area contributed by atoms with Gasteiger partial charge in [-0.25, -0.2) is 0 Å². The highest BCUT2D eigenvalue weighted by molar-refractivity contribution is 8.16. The average Bonchev–Trinajstić information content (AvgIpc) is 2.65. The normalized spacial score (nSPS) is 22.2. The van der Waals surface area contributed by atoms with Crippen LogP contribution in [0.1, 0.15) is 13.8 Å². The lowest BCUT2D eigenvalue weighted by atomic mass is 10.4. The van der Waals surface area contributed by atoms with Crippen molar-refractivity contribution < 1.29 is 13.2 Å². The summed E-state index contributed by atoms with van der Waals surface area (Å²) in [6.45, 7) is 3.95. The van der Waals surface area contributed by atoms with Gasteiger partial charge in [0.05, 0.1) is 10.1 Å². The fourth-order valence-corrected chi connectivity index (χ4v) is 3.96. The van der Waals surface area contributed by atoms with Crippen molar-refractivity contribution >= 4 is 32.9 Å². The van der Waals surface area contributed by atoms with Crippen molar-refractivity contribution in [1.29, 1.82) is 0 Å². The first-order valence-corrected chi connectivity index (χ1v) is 8.15. The highest BCUT2D eigenvalue weighted by Crippen LogP contribution is 2.28. The number of carbonyl (C=O) groups excluding carboxylic acids is 1. The fraction of sp³-hybridized carbons (Fsp3) is 0.333. The van der Waals surface area contributed by atoms with Crippen LogP contribution in [-0.4, -0.2) is 36.2 Å². The molecule has 1 aliphatic rings. The standard InChI is InChI=1S/C12H14N2O3S2/c1-3-14-11(15)9(2)18-12(14)13-19(16,17)10-7-5-4-6-8-10/h4-9H,3H2,1-2H3. The van der Waals surface area contributed by atoms with Crippen molar-refractivity contribution in [1.82, 2.24) is 4.90 Å². The molecule has 1 aromatic rings. The van der Waals surface area contributed by atoms with Gasteiger partial charge in [-0.3, -0.25) is 9.69 Å². The van der Waals surface area contributed by atoms with E-state index in [1.807, 2.05) is 0 Å². The molecule has 2 rings (SSSR count). The van der Waals surface area contributed by atoms with Crippen molar-refractivity contribution in [3.8, 4) is 0 Å². The minimum atomic E-state index is -3.76. The van der Waals surface area contributed by atoms with E-state index in [-0.39, 0.29) is 21.2 Å². The highest BCUT2D eigenvalue weighted by atomic mass is 32.2. The molecule has 1 atom stereocenters.